The highest BCUT2D eigenvalue weighted by Crippen LogP contribution is 2.04. The lowest BCUT2D eigenvalue weighted by molar-refractivity contribution is -0.130. The third kappa shape index (κ3) is 7.41. The zero-order valence-electron chi connectivity index (χ0n) is 12.5. The van der Waals surface area contributed by atoms with Crippen molar-refractivity contribution in [3.63, 3.8) is 0 Å². The second-order valence-corrected chi connectivity index (χ2v) is 4.90. The van der Waals surface area contributed by atoms with Gasteiger partial charge in [-0.3, -0.25) is 9.59 Å². The van der Waals surface area contributed by atoms with Gasteiger partial charge in [0.2, 0.25) is 11.8 Å². The van der Waals surface area contributed by atoms with Gasteiger partial charge >= 0.3 is 0 Å². The van der Waals surface area contributed by atoms with Gasteiger partial charge in [-0.1, -0.05) is 30.3 Å². The molecule has 6 nitrogen and oxygen atoms in total. The van der Waals surface area contributed by atoms with Crippen LogP contribution >= 0.6 is 0 Å². The molecule has 0 spiro atoms. The van der Waals surface area contributed by atoms with Crippen molar-refractivity contribution in [2.24, 2.45) is 5.73 Å². The Kier molecular flexibility index (Phi) is 8.31. The van der Waals surface area contributed by atoms with Gasteiger partial charge in [0.15, 0.2) is 0 Å². The van der Waals surface area contributed by atoms with Gasteiger partial charge in [-0.15, -0.1) is 0 Å². The largest absolute Gasteiger partial charge is 0.368 e. The Morgan fingerprint density at radius 2 is 2.00 bits per heavy atom. The molecule has 0 radical (unpaired) electrons. The number of carbonyl (C=O) groups excluding carboxylic acids is 2. The summed E-state index contributed by atoms with van der Waals surface area (Å²) < 4.78 is 5.30. The van der Waals surface area contributed by atoms with Gasteiger partial charge in [0.05, 0.1) is 12.7 Å². The SMILES string of the molecule is N#CCCCC[C@@H](NC(=O)COCc1ccccc1)C(N)=O. The van der Waals surface area contributed by atoms with Crippen LogP contribution in [-0.2, 0) is 20.9 Å². The number of nitrogens with two attached hydrogens (primary N) is 1. The quantitative estimate of drug-likeness (QED) is 0.635. The fourth-order valence-corrected chi connectivity index (χ4v) is 1.91. The van der Waals surface area contributed by atoms with Crippen molar-refractivity contribution in [2.75, 3.05) is 6.61 Å². The Hall–Kier alpha value is -2.39. The first-order valence-corrected chi connectivity index (χ1v) is 7.20. The molecule has 1 rings (SSSR count). The minimum Gasteiger partial charge on any atom is -0.368 e. The predicted molar refractivity (Wildman–Crippen MR) is 81.3 cm³/mol. The molecule has 22 heavy (non-hydrogen) atoms. The minimum atomic E-state index is -0.716. The fourth-order valence-electron chi connectivity index (χ4n) is 1.91. The van der Waals surface area contributed by atoms with E-state index in [1.165, 1.54) is 0 Å². The topological polar surface area (TPSA) is 105 Å². The van der Waals surface area contributed by atoms with E-state index in [9.17, 15) is 9.59 Å². The Morgan fingerprint density at radius 1 is 1.27 bits per heavy atom. The molecule has 3 N–H and O–H groups in total. The van der Waals surface area contributed by atoms with Crippen LogP contribution in [-0.4, -0.2) is 24.5 Å². The number of hydrogen-bond acceptors (Lipinski definition) is 4. The summed E-state index contributed by atoms with van der Waals surface area (Å²) in [7, 11) is 0. The lowest BCUT2D eigenvalue weighted by Gasteiger charge is -2.15. The van der Waals surface area contributed by atoms with Crippen LogP contribution in [0, 0.1) is 11.3 Å². The van der Waals surface area contributed by atoms with E-state index in [0.717, 1.165) is 5.56 Å². The van der Waals surface area contributed by atoms with Gasteiger partial charge in [0.1, 0.15) is 12.6 Å². The van der Waals surface area contributed by atoms with E-state index >= 15 is 0 Å². The Labute approximate surface area is 130 Å². The molecule has 0 heterocycles. The van der Waals surface area contributed by atoms with E-state index < -0.39 is 11.9 Å². The Bertz CT molecular complexity index is 511. The van der Waals surface area contributed by atoms with E-state index in [-0.39, 0.29) is 12.5 Å². The summed E-state index contributed by atoms with van der Waals surface area (Å²) >= 11 is 0. The zero-order valence-corrected chi connectivity index (χ0v) is 12.5. The van der Waals surface area contributed by atoms with Crippen LogP contribution in [0.15, 0.2) is 30.3 Å². The summed E-state index contributed by atoms with van der Waals surface area (Å²) in [5, 5.41) is 11.0. The van der Waals surface area contributed by atoms with Gasteiger partial charge in [-0.25, -0.2) is 0 Å². The number of nitrogens with one attached hydrogen (secondary N) is 1. The molecule has 0 saturated heterocycles. The first-order valence-electron chi connectivity index (χ1n) is 7.20. The number of carbonyl (C=O) groups is 2. The number of primary amides is 1. The lowest BCUT2D eigenvalue weighted by atomic mass is 10.1. The highest BCUT2D eigenvalue weighted by Gasteiger charge is 2.17. The van der Waals surface area contributed by atoms with Gasteiger partial charge in [-0.05, 0) is 24.8 Å². The summed E-state index contributed by atoms with van der Waals surface area (Å²) in [5.74, 6) is -0.951. The summed E-state index contributed by atoms with van der Waals surface area (Å²) in [6.07, 6.45) is 2.20. The Balaban J connectivity index is 2.28. The molecule has 0 aliphatic heterocycles. The number of unbranched alkanes of at least 4 members (excludes halogenated alkanes) is 2. The van der Waals surface area contributed by atoms with Crippen molar-refractivity contribution >= 4 is 11.8 Å². The van der Waals surface area contributed by atoms with E-state index in [1.807, 2.05) is 36.4 Å². The molecule has 118 valence electrons. The van der Waals surface area contributed by atoms with Crippen molar-refractivity contribution < 1.29 is 14.3 Å². The predicted octanol–water partition coefficient (Wildman–Crippen LogP) is 1.26. The molecule has 1 aromatic carbocycles. The van der Waals surface area contributed by atoms with Crippen LogP contribution < -0.4 is 11.1 Å². The molecule has 6 heteroatoms. The van der Waals surface area contributed by atoms with Crippen LogP contribution in [0.1, 0.15) is 31.2 Å². The smallest absolute Gasteiger partial charge is 0.246 e. The maximum Gasteiger partial charge on any atom is 0.246 e. The molecule has 2 amide bonds. The molecule has 1 aromatic rings. The van der Waals surface area contributed by atoms with Crippen molar-refractivity contribution in [1.82, 2.24) is 5.32 Å². The number of benzene rings is 1. The third-order valence-corrected chi connectivity index (χ3v) is 3.05. The number of nitriles is 1. The van der Waals surface area contributed by atoms with Crippen LogP contribution in [0.5, 0.6) is 0 Å². The number of hydrogen-bond donors (Lipinski definition) is 2. The van der Waals surface area contributed by atoms with E-state index in [1.54, 1.807) is 0 Å². The van der Waals surface area contributed by atoms with Crippen LogP contribution in [0.25, 0.3) is 0 Å². The van der Waals surface area contributed by atoms with Crippen LogP contribution in [0.2, 0.25) is 0 Å². The first-order chi connectivity index (χ1) is 10.6. The maximum atomic E-state index is 11.7. The summed E-state index contributed by atoms with van der Waals surface area (Å²) in [6, 6.07) is 10.8. The molecule has 0 unspecified atom stereocenters. The minimum absolute atomic E-state index is 0.128. The van der Waals surface area contributed by atoms with Crippen LogP contribution in [0.3, 0.4) is 0 Å². The Morgan fingerprint density at radius 3 is 2.64 bits per heavy atom. The molecule has 0 bridgehead atoms. The zero-order chi connectivity index (χ0) is 16.2. The maximum absolute atomic E-state index is 11.7. The third-order valence-electron chi connectivity index (χ3n) is 3.05. The molecule has 0 aliphatic carbocycles. The van der Waals surface area contributed by atoms with Crippen LogP contribution in [0.4, 0.5) is 0 Å². The van der Waals surface area contributed by atoms with Gasteiger partial charge in [-0.2, -0.15) is 5.26 Å². The molecule has 0 aromatic heterocycles. The molecule has 0 saturated carbocycles. The summed E-state index contributed by atoms with van der Waals surface area (Å²) in [4.78, 5) is 23.0. The number of nitrogens with zero attached hydrogens (tertiary/aromatic N) is 1. The van der Waals surface area contributed by atoms with Gasteiger partial charge in [0.25, 0.3) is 0 Å². The molecular formula is C16H21N3O3. The second kappa shape index (κ2) is 10.4. The lowest BCUT2D eigenvalue weighted by Crippen LogP contribution is -2.45. The highest BCUT2D eigenvalue weighted by molar-refractivity contribution is 5.86. The standard InChI is InChI=1S/C16H21N3O3/c17-10-6-2-5-9-14(16(18)21)19-15(20)12-22-11-13-7-3-1-4-8-13/h1,3-4,7-8,14H,2,5-6,9,11-12H2,(H2,18,21)(H,19,20)/t14-/m1/s1. The van der Waals surface area contributed by atoms with E-state index in [4.69, 9.17) is 15.7 Å². The van der Waals surface area contributed by atoms with Gasteiger partial charge < -0.3 is 15.8 Å². The number of rotatable bonds is 10. The molecule has 1 atom stereocenters. The van der Waals surface area contributed by atoms with Crippen molar-refractivity contribution in [2.45, 2.75) is 38.3 Å². The van der Waals surface area contributed by atoms with Crippen molar-refractivity contribution in [3.8, 4) is 6.07 Å². The summed E-state index contributed by atoms with van der Waals surface area (Å²) in [6.45, 7) is 0.203. The van der Waals surface area contributed by atoms with Crippen molar-refractivity contribution in [1.29, 1.82) is 5.26 Å². The average Bonchev–Trinajstić information content (AvgIpc) is 2.51. The molecule has 0 fully saturated rings. The van der Waals surface area contributed by atoms with E-state index in [0.29, 0.717) is 32.3 Å². The normalized spacial score (nSPS) is 11.4. The molecule has 0 aliphatic rings. The monoisotopic (exact) mass is 303 g/mol. The fraction of sp³-hybridized carbons (Fsp3) is 0.438. The van der Waals surface area contributed by atoms with Crippen molar-refractivity contribution in [3.05, 3.63) is 35.9 Å². The van der Waals surface area contributed by atoms with Gasteiger partial charge in [0, 0.05) is 6.42 Å². The first kappa shape index (κ1) is 17.7. The molecular weight excluding hydrogens is 282 g/mol. The van der Waals surface area contributed by atoms with E-state index in [2.05, 4.69) is 5.32 Å². The highest BCUT2D eigenvalue weighted by atomic mass is 16.5. The average molecular weight is 303 g/mol. The number of ether oxygens (including phenoxy) is 1. The second-order valence-electron chi connectivity index (χ2n) is 4.90. The number of amides is 2. The summed E-state index contributed by atoms with van der Waals surface area (Å²) in [5.41, 5.74) is 6.23.